The summed E-state index contributed by atoms with van der Waals surface area (Å²) in [6.45, 7) is -0.691. The van der Waals surface area contributed by atoms with E-state index in [0.717, 1.165) is 12.1 Å². The number of hydrogen-bond donors (Lipinski definition) is 1. The Morgan fingerprint density at radius 3 is 2.23 bits per heavy atom. The van der Waals surface area contributed by atoms with Crippen LogP contribution in [0.2, 0.25) is 5.02 Å². The third-order valence-corrected chi connectivity index (χ3v) is 6.19. The van der Waals surface area contributed by atoms with E-state index in [0.29, 0.717) is 4.90 Å². The molecule has 0 atom stereocenters. The summed E-state index contributed by atoms with van der Waals surface area (Å²) in [6, 6.07) is 3.39. The molecule has 0 radical (unpaired) electrons. The first kappa shape index (κ1) is 25.5. The maximum Gasteiger partial charge on any atom is 0.434 e. The van der Waals surface area contributed by atoms with Crippen LogP contribution in [-0.4, -0.2) is 57.5 Å². The van der Waals surface area contributed by atoms with Gasteiger partial charge in [-0.1, -0.05) is 17.7 Å². The van der Waals surface area contributed by atoms with Crippen LogP contribution in [0.1, 0.15) is 12.8 Å². The van der Waals surface area contributed by atoms with Crippen molar-refractivity contribution in [1.82, 2.24) is 9.62 Å². The molecule has 0 spiro atoms. The number of carbonyl (C=O) groups is 1. The van der Waals surface area contributed by atoms with Gasteiger partial charge in [0.05, 0.1) is 5.02 Å². The molecule has 1 heterocycles. The number of benzene rings is 1. The average Bonchev–Trinajstić information content (AvgIpc) is 2.65. The second kappa shape index (κ2) is 9.36. The largest absolute Gasteiger partial charge is 0.434 e. The number of halogens is 8. The molecule has 1 fully saturated rings. The third-order valence-electron chi connectivity index (χ3n) is 4.45. The summed E-state index contributed by atoms with van der Waals surface area (Å²) in [5, 5.41) is -0.397. The lowest BCUT2D eigenvalue weighted by Gasteiger charge is -2.33. The van der Waals surface area contributed by atoms with E-state index < -0.39 is 56.2 Å². The van der Waals surface area contributed by atoms with Crippen LogP contribution in [0.15, 0.2) is 23.1 Å². The van der Waals surface area contributed by atoms with Gasteiger partial charge in [-0.25, -0.2) is 22.3 Å². The number of nitrogens with one attached hydrogen (secondary N) is 1. The topological polar surface area (TPSA) is 75.7 Å². The van der Waals surface area contributed by atoms with Gasteiger partial charge in [0.25, 0.3) is 6.10 Å². The van der Waals surface area contributed by atoms with E-state index in [2.05, 4.69) is 9.46 Å². The zero-order valence-electron chi connectivity index (χ0n) is 15.4. The van der Waals surface area contributed by atoms with Crippen LogP contribution in [-0.2, 0) is 14.8 Å². The highest BCUT2D eigenvalue weighted by atomic mass is 35.5. The van der Waals surface area contributed by atoms with Crippen molar-refractivity contribution >= 4 is 27.7 Å². The van der Waals surface area contributed by atoms with Crippen molar-refractivity contribution in [3.8, 4) is 0 Å². The lowest BCUT2D eigenvalue weighted by Crippen LogP contribution is -2.49. The second-order valence-electron chi connectivity index (χ2n) is 6.68. The Labute approximate surface area is 177 Å². The molecule has 1 saturated heterocycles. The summed E-state index contributed by atoms with van der Waals surface area (Å²) in [6.07, 6.45) is -17.5. The van der Waals surface area contributed by atoms with E-state index in [1.54, 1.807) is 0 Å². The Morgan fingerprint density at radius 1 is 1.16 bits per heavy atom. The third kappa shape index (κ3) is 6.59. The predicted molar refractivity (Wildman–Crippen MR) is 93.3 cm³/mol. The number of nitrogens with zero attached hydrogens (tertiary/aromatic N) is 1. The number of piperidine rings is 1. The number of ether oxygens (including phenoxy) is 1. The van der Waals surface area contributed by atoms with Crippen LogP contribution >= 0.6 is 11.6 Å². The summed E-state index contributed by atoms with van der Waals surface area (Å²) in [5.74, 6) is -1.54. The van der Waals surface area contributed by atoms with Gasteiger partial charge in [-0.15, -0.1) is 0 Å². The van der Waals surface area contributed by atoms with Crippen LogP contribution in [0.3, 0.4) is 0 Å². The molecule has 31 heavy (non-hydrogen) atoms. The van der Waals surface area contributed by atoms with Gasteiger partial charge >= 0.3 is 18.4 Å². The lowest BCUT2D eigenvalue weighted by atomic mass is 9.97. The number of sulfonamides is 1. The first-order valence-corrected chi connectivity index (χ1v) is 10.5. The molecule has 0 bridgehead atoms. The second-order valence-corrected chi connectivity index (χ2v) is 8.82. The fourth-order valence-corrected chi connectivity index (χ4v) is 4.26. The van der Waals surface area contributed by atoms with Gasteiger partial charge in [-0.2, -0.15) is 26.3 Å². The summed E-state index contributed by atoms with van der Waals surface area (Å²) >= 11 is 5.55. The smallest absolute Gasteiger partial charge is 0.426 e. The average molecular weight is 501 g/mol. The van der Waals surface area contributed by atoms with E-state index in [1.165, 1.54) is 6.07 Å². The van der Waals surface area contributed by atoms with Gasteiger partial charge in [-0.05, 0) is 30.9 Å². The van der Waals surface area contributed by atoms with E-state index in [-0.39, 0.29) is 32.5 Å². The van der Waals surface area contributed by atoms with Crippen LogP contribution < -0.4 is 4.72 Å². The maximum atomic E-state index is 13.9. The van der Waals surface area contributed by atoms with Gasteiger partial charge in [0.15, 0.2) is 5.82 Å². The SMILES string of the molecule is O=C(OC(C(F)(F)F)C(F)(F)F)N1CCC(CNS(=O)(=O)c2cccc(Cl)c2F)CC1. The summed E-state index contributed by atoms with van der Waals surface area (Å²) in [7, 11) is -4.26. The van der Waals surface area contributed by atoms with Gasteiger partial charge in [-0.3, -0.25) is 0 Å². The van der Waals surface area contributed by atoms with Crippen molar-refractivity contribution in [3.05, 3.63) is 29.0 Å². The minimum atomic E-state index is -5.82. The number of alkyl halides is 6. The van der Waals surface area contributed by atoms with Gasteiger partial charge in [0.1, 0.15) is 4.90 Å². The zero-order chi connectivity index (χ0) is 23.6. The summed E-state index contributed by atoms with van der Waals surface area (Å²) in [4.78, 5) is 11.7. The van der Waals surface area contributed by atoms with Crippen molar-refractivity contribution in [2.75, 3.05) is 19.6 Å². The Morgan fingerprint density at radius 2 is 1.71 bits per heavy atom. The monoisotopic (exact) mass is 500 g/mol. The van der Waals surface area contributed by atoms with Gasteiger partial charge in [0, 0.05) is 19.6 Å². The minimum absolute atomic E-state index is 0.0678. The van der Waals surface area contributed by atoms with E-state index in [9.17, 15) is 43.9 Å². The van der Waals surface area contributed by atoms with Crippen molar-refractivity contribution < 1.29 is 48.7 Å². The molecule has 0 saturated carbocycles. The number of carbonyl (C=O) groups excluding carboxylic acids is 1. The van der Waals surface area contributed by atoms with E-state index in [1.807, 2.05) is 0 Å². The van der Waals surface area contributed by atoms with E-state index in [4.69, 9.17) is 11.6 Å². The lowest BCUT2D eigenvalue weighted by molar-refractivity contribution is -0.308. The van der Waals surface area contributed by atoms with E-state index >= 15 is 0 Å². The highest BCUT2D eigenvalue weighted by molar-refractivity contribution is 7.89. The number of rotatable bonds is 5. The van der Waals surface area contributed by atoms with Crippen molar-refractivity contribution in [3.63, 3.8) is 0 Å². The molecular weight excluding hydrogens is 485 g/mol. The predicted octanol–water partition coefficient (Wildman–Crippen LogP) is 4.10. The summed E-state index contributed by atoms with van der Waals surface area (Å²) in [5.41, 5.74) is 0. The van der Waals surface area contributed by atoms with Crippen LogP contribution in [0, 0.1) is 11.7 Å². The molecule has 1 aromatic carbocycles. The van der Waals surface area contributed by atoms with Crippen LogP contribution in [0.25, 0.3) is 0 Å². The number of amides is 1. The Bertz CT molecular complexity index is 886. The molecule has 6 nitrogen and oxygen atoms in total. The Hall–Kier alpha value is -1.80. The molecule has 1 aromatic rings. The molecule has 1 aliphatic rings. The van der Waals surface area contributed by atoms with Gasteiger partial charge < -0.3 is 9.64 Å². The molecule has 0 aliphatic carbocycles. The fraction of sp³-hybridized carbons (Fsp3) is 0.562. The Kier molecular flexibility index (Phi) is 7.69. The minimum Gasteiger partial charge on any atom is -0.426 e. The van der Waals surface area contributed by atoms with Crippen LogP contribution in [0.4, 0.5) is 35.5 Å². The van der Waals surface area contributed by atoms with Crippen LogP contribution in [0.5, 0.6) is 0 Å². The molecule has 1 aliphatic heterocycles. The first-order valence-electron chi connectivity index (χ1n) is 8.65. The molecule has 0 unspecified atom stereocenters. The van der Waals surface area contributed by atoms with Crippen molar-refractivity contribution in [2.45, 2.75) is 36.2 Å². The van der Waals surface area contributed by atoms with Gasteiger partial charge in [0.2, 0.25) is 10.0 Å². The Balaban J connectivity index is 1.91. The number of hydrogen-bond acceptors (Lipinski definition) is 4. The first-order chi connectivity index (χ1) is 14.1. The zero-order valence-corrected chi connectivity index (χ0v) is 17.0. The molecule has 15 heteroatoms. The normalized spacial score (nSPS) is 16.6. The highest BCUT2D eigenvalue weighted by Crippen LogP contribution is 2.36. The fourth-order valence-electron chi connectivity index (χ4n) is 2.81. The molecule has 2 rings (SSSR count). The highest BCUT2D eigenvalue weighted by Gasteiger charge is 2.60. The van der Waals surface area contributed by atoms with Crippen molar-refractivity contribution in [1.29, 1.82) is 0 Å². The quantitative estimate of drug-likeness (QED) is 0.618. The van der Waals surface area contributed by atoms with Crippen molar-refractivity contribution in [2.24, 2.45) is 5.92 Å². The molecule has 176 valence electrons. The maximum absolute atomic E-state index is 13.9. The number of likely N-dealkylation sites (tertiary alicyclic amines) is 1. The standard InChI is InChI=1S/C16H16ClF7N2O4S/c17-10-2-1-3-11(12(10)18)31(28,29)25-8-9-4-6-26(7-5-9)14(27)30-13(15(19,20)21)16(22,23)24/h1-3,9,13,25H,4-8H2. The summed E-state index contributed by atoms with van der Waals surface area (Å²) < 4.78 is 119. The molecule has 0 aromatic heterocycles. The molecule has 1 amide bonds. The molecule has 1 N–H and O–H groups in total. The molecular formula is C16H16ClF7N2O4S.